The fourth-order valence-corrected chi connectivity index (χ4v) is 6.14. The van der Waals surface area contributed by atoms with Crippen LogP contribution >= 0.6 is 0 Å². The van der Waals surface area contributed by atoms with Gasteiger partial charge in [0.25, 0.3) is 0 Å². The Morgan fingerprint density at radius 1 is 0.692 bits per heavy atom. The fourth-order valence-electron chi connectivity index (χ4n) is 3.63. The standard InChI is InChI=1S/C24H23O.Bi/c1-15(2)18-11-19(16(3)4)13-20(12-18)17-9-10-22-21-7-5-6-8-23(21)25-24(22)14-17;/h5-10,12-16H,1-4H3;. The molecule has 0 saturated carbocycles. The first kappa shape index (κ1) is 17.7. The summed E-state index contributed by atoms with van der Waals surface area (Å²) in [5.74, 6) is 1.09. The number of furan rings is 1. The summed E-state index contributed by atoms with van der Waals surface area (Å²) in [7, 11) is 0. The van der Waals surface area contributed by atoms with Crippen LogP contribution in [0.25, 0.3) is 33.1 Å². The van der Waals surface area contributed by atoms with Crippen molar-refractivity contribution in [3.05, 3.63) is 65.7 Å². The molecule has 0 aliphatic carbocycles. The summed E-state index contributed by atoms with van der Waals surface area (Å²) >= 11 is 1.33. The van der Waals surface area contributed by atoms with E-state index >= 15 is 0 Å². The third-order valence-corrected chi connectivity index (χ3v) is 7.13. The summed E-state index contributed by atoms with van der Waals surface area (Å²) in [5.41, 5.74) is 7.44. The second-order valence-corrected chi connectivity index (χ2v) is 9.36. The van der Waals surface area contributed by atoms with Gasteiger partial charge in [-0.05, 0) is 0 Å². The van der Waals surface area contributed by atoms with E-state index in [1.807, 2.05) is 12.1 Å². The van der Waals surface area contributed by atoms with Crippen molar-refractivity contribution in [3.8, 4) is 11.1 Å². The Hall–Kier alpha value is -1.66. The summed E-state index contributed by atoms with van der Waals surface area (Å²) in [4.78, 5) is 0. The number of hydrogen-bond donors (Lipinski definition) is 0. The van der Waals surface area contributed by atoms with Gasteiger partial charge >= 0.3 is 171 Å². The van der Waals surface area contributed by atoms with E-state index in [1.165, 1.54) is 57.7 Å². The van der Waals surface area contributed by atoms with Crippen LogP contribution in [0.5, 0.6) is 0 Å². The third-order valence-electron chi connectivity index (χ3n) is 5.12. The Bertz CT molecular complexity index is 1070. The molecule has 1 nitrogen and oxygen atoms in total. The van der Waals surface area contributed by atoms with E-state index in [2.05, 4.69) is 70.2 Å². The molecule has 0 unspecified atom stereocenters. The van der Waals surface area contributed by atoms with Crippen molar-refractivity contribution < 1.29 is 4.42 Å². The Morgan fingerprint density at radius 3 is 1.96 bits per heavy atom. The quantitative estimate of drug-likeness (QED) is 0.281. The Kier molecular flexibility index (Phi) is 4.65. The molecule has 0 atom stereocenters. The third kappa shape index (κ3) is 2.99. The van der Waals surface area contributed by atoms with Crippen LogP contribution < -0.4 is 3.27 Å². The van der Waals surface area contributed by atoms with Crippen LogP contribution in [0.2, 0.25) is 0 Å². The summed E-state index contributed by atoms with van der Waals surface area (Å²) in [6.07, 6.45) is 0. The van der Waals surface area contributed by atoms with E-state index in [0.717, 1.165) is 11.2 Å². The first-order chi connectivity index (χ1) is 12.5. The van der Waals surface area contributed by atoms with Gasteiger partial charge in [0.2, 0.25) is 0 Å². The maximum absolute atomic E-state index is 6.10. The summed E-state index contributed by atoms with van der Waals surface area (Å²) in [6.45, 7) is 9.18. The molecule has 0 N–H and O–H groups in total. The van der Waals surface area contributed by atoms with E-state index in [-0.39, 0.29) is 0 Å². The summed E-state index contributed by atoms with van der Waals surface area (Å²) in [5, 5.41) is 2.38. The van der Waals surface area contributed by atoms with E-state index in [0.29, 0.717) is 11.8 Å². The molecule has 1 aromatic heterocycles. The predicted molar refractivity (Wildman–Crippen MR) is 113 cm³/mol. The molecule has 0 fully saturated rings. The molecule has 4 aromatic rings. The van der Waals surface area contributed by atoms with E-state index < -0.39 is 0 Å². The second-order valence-electron chi connectivity index (χ2n) is 7.62. The van der Waals surface area contributed by atoms with Crippen LogP contribution in [0.3, 0.4) is 0 Å². The minimum absolute atomic E-state index is 0.544. The second kappa shape index (κ2) is 6.82. The van der Waals surface area contributed by atoms with Gasteiger partial charge in [0, 0.05) is 0 Å². The maximum atomic E-state index is 6.10. The molecular formula is C24H23BiO. The molecule has 1 heterocycles. The topological polar surface area (TPSA) is 13.1 Å². The van der Waals surface area contributed by atoms with Crippen molar-refractivity contribution in [1.82, 2.24) is 0 Å². The summed E-state index contributed by atoms with van der Waals surface area (Å²) < 4.78 is 7.64. The Labute approximate surface area is 170 Å². The van der Waals surface area contributed by atoms with Gasteiger partial charge in [0.1, 0.15) is 0 Å². The molecular weight excluding hydrogens is 513 g/mol. The van der Waals surface area contributed by atoms with Gasteiger partial charge < -0.3 is 0 Å². The zero-order valence-electron chi connectivity index (χ0n) is 15.7. The van der Waals surface area contributed by atoms with E-state index in [1.54, 1.807) is 3.27 Å². The molecule has 130 valence electrons. The molecule has 0 saturated heterocycles. The number of fused-ring (bicyclic) bond motifs is 3. The van der Waals surface area contributed by atoms with Crippen LogP contribution in [0.4, 0.5) is 0 Å². The van der Waals surface area contributed by atoms with Gasteiger partial charge in [-0.15, -0.1) is 0 Å². The number of benzene rings is 3. The fraction of sp³-hybridized carbons (Fsp3) is 0.250. The van der Waals surface area contributed by atoms with Gasteiger partial charge in [0.15, 0.2) is 0 Å². The van der Waals surface area contributed by atoms with Crippen LogP contribution in [-0.2, 0) is 0 Å². The number of rotatable bonds is 3. The Balaban J connectivity index is 1.93. The molecule has 0 bridgehead atoms. The monoisotopic (exact) mass is 536 g/mol. The molecule has 26 heavy (non-hydrogen) atoms. The predicted octanol–water partition coefficient (Wildman–Crippen LogP) is 6.29. The van der Waals surface area contributed by atoms with Crippen LogP contribution in [-0.4, -0.2) is 24.7 Å². The zero-order chi connectivity index (χ0) is 18.4. The van der Waals surface area contributed by atoms with Crippen molar-refractivity contribution in [2.24, 2.45) is 0 Å². The SMILES string of the molecule is CC(C)c1cc(-c2ccc3c(c2)oc2ccccc23)cc(C(C)C)[c]1[Bi]. The van der Waals surface area contributed by atoms with Crippen molar-refractivity contribution in [2.75, 3.05) is 0 Å². The number of hydrogen-bond acceptors (Lipinski definition) is 1. The van der Waals surface area contributed by atoms with Crippen LogP contribution in [0.15, 0.2) is 59.0 Å². The van der Waals surface area contributed by atoms with E-state index in [4.69, 9.17) is 4.42 Å². The van der Waals surface area contributed by atoms with Gasteiger partial charge in [0.05, 0.1) is 0 Å². The van der Waals surface area contributed by atoms with Crippen molar-refractivity contribution in [3.63, 3.8) is 0 Å². The van der Waals surface area contributed by atoms with Gasteiger partial charge in [-0.25, -0.2) is 0 Å². The first-order valence-electron chi connectivity index (χ1n) is 9.24. The molecule has 0 aliphatic heterocycles. The Morgan fingerprint density at radius 2 is 1.31 bits per heavy atom. The molecule has 2 heteroatoms. The van der Waals surface area contributed by atoms with Crippen molar-refractivity contribution >= 4 is 49.9 Å². The summed E-state index contributed by atoms with van der Waals surface area (Å²) in [6, 6.07) is 19.7. The van der Waals surface area contributed by atoms with Gasteiger partial charge in [-0.3, -0.25) is 0 Å². The van der Waals surface area contributed by atoms with Gasteiger partial charge in [-0.1, -0.05) is 0 Å². The minimum atomic E-state index is 0.544. The molecule has 4 rings (SSSR count). The van der Waals surface area contributed by atoms with Gasteiger partial charge in [-0.2, -0.15) is 0 Å². The molecule has 0 amide bonds. The van der Waals surface area contributed by atoms with E-state index in [9.17, 15) is 0 Å². The molecule has 2 radical (unpaired) electrons. The molecule has 0 spiro atoms. The zero-order valence-corrected chi connectivity index (χ0v) is 19.2. The molecule has 3 aromatic carbocycles. The van der Waals surface area contributed by atoms with Crippen molar-refractivity contribution in [2.45, 2.75) is 39.5 Å². The normalized spacial score (nSPS) is 12.0. The molecule has 0 aliphatic rings. The average molecular weight is 536 g/mol. The first-order valence-corrected chi connectivity index (χ1v) is 11.0. The van der Waals surface area contributed by atoms with Crippen molar-refractivity contribution in [1.29, 1.82) is 0 Å². The van der Waals surface area contributed by atoms with Crippen LogP contribution in [0, 0.1) is 0 Å². The average Bonchev–Trinajstić information content (AvgIpc) is 2.99. The number of para-hydroxylation sites is 1. The van der Waals surface area contributed by atoms with Crippen LogP contribution in [0.1, 0.15) is 50.7 Å².